The molecule has 2 nitrogen and oxygen atoms in total. The summed E-state index contributed by atoms with van der Waals surface area (Å²) in [6.07, 6.45) is 4.47. The van der Waals surface area contributed by atoms with Crippen molar-refractivity contribution in [2.75, 3.05) is 13.1 Å². The van der Waals surface area contributed by atoms with Gasteiger partial charge in [-0.2, -0.15) is 0 Å². The van der Waals surface area contributed by atoms with Gasteiger partial charge in [-0.25, -0.2) is 8.78 Å². The highest BCUT2D eigenvalue weighted by atomic mass is 19.1. The average molecular weight is 295 g/mol. The van der Waals surface area contributed by atoms with Crippen molar-refractivity contribution >= 4 is 5.78 Å². The van der Waals surface area contributed by atoms with Gasteiger partial charge in [-0.3, -0.25) is 9.69 Å². The van der Waals surface area contributed by atoms with Crippen molar-refractivity contribution < 1.29 is 13.6 Å². The molecule has 0 spiro atoms. The Morgan fingerprint density at radius 1 is 1.24 bits per heavy atom. The van der Waals surface area contributed by atoms with Gasteiger partial charge in [-0.05, 0) is 30.9 Å². The third kappa shape index (κ3) is 4.10. The van der Waals surface area contributed by atoms with Gasteiger partial charge in [0.2, 0.25) is 0 Å². The van der Waals surface area contributed by atoms with Crippen molar-refractivity contribution in [3.05, 3.63) is 35.4 Å². The molecule has 0 heterocycles. The number of ketones is 1. The molecule has 116 valence electrons. The highest BCUT2D eigenvalue weighted by Gasteiger charge is 2.27. The molecule has 0 bridgehead atoms. The van der Waals surface area contributed by atoms with E-state index in [1.54, 1.807) is 0 Å². The van der Waals surface area contributed by atoms with Gasteiger partial charge in [0, 0.05) is 12.6 Å². The third-order valence-corrected chi connectivity index (χ3v) is 4.03. The molecule has 0 aliphatic heterocycles. The van der Waals surface area contributed by atoms with E-state index in [2.05, 4.69) is 18.7 Å². The van der Waals surface area contributed by atoms with Crippen LogP contribution in [0.1, 0.15) is 49.9 Å². The highest BCUT2D eigenvalue weighted by molar-refractivity contribution is 5.98. The molecule has 1 aromatic rings. The van der Waals surface area contributed by atoms with Crippen molar-refractivity contribution in [3.63, 3.8) is 0 Å². The van der Waals surface area contributed by atoms with E-state index in [1.807, 2.05) is 0 Å². The maximum Gasteiger partial charge on any atom is 0.182 e. The summed E-state index contributed by atoms with van der Waals surface area (Å²) in [6, 6.07) is 3.92. The Bertz CT molecular complexity index is 475. The van der Waals surface area contributed by atoms with Gasteiger partial charge >= 0.3 is 0 Å². The van der Waals surface area contributed by atoms with Gasteiger partial charge in [-0.15, -0.1) is 0 Å². The van der Waals surface area contributed by atoms with E-state index in [0.717, 1.165) is 31.5 Å². The lowest BCUT2D eigenvalue weighted by atomic mass is 10.1. The van der Waals surface area contributed by atoms with Crippen LogP contribution in [0.2, 0.25) is 0 Å². The van der Waals surface area contributed by atoms with Gasteiger partial charge in [0.1, 0.15) is 11.6 Å². The first-order chi connectivity index (χ1) is 9.99. The molecule has 0 N–H and O–H groups in total. The molecular formula is C17H23F2NO. The van der Waals surface area contributed by atoms with Crippen LogP contribution >= 0.6 is 0 Å². The topological polar surface area (TPSA) is 20.3 Å². The quantitative estimate of drug-likeness (QED) is 0.738. The molecule has 2 rings (SSSR count). The van der Waals surface area contributed by atoms with E-state index < -0.39 is 23.0 Å². The summed E-state index contributed by atoms with van der Waals surface area (Å²) in [5.74, 6) is -1.58. The largest absolute Gasteiger partial charge is 0.293 e. The Balaban J connectivity index is 2.13. The van der Waals surface area contributed by atoms with Crippen LogP contribution in [-0.2, 0) is 0 Å². The summed E-state index contributed by atoms with van der Waals surface area (Å²) >= 11 is 0. The lowest BCUT2D eigenvalue weighted by molar-refractivity contribution is 0.0868. The summed E-state index contributed by atoms with van der Waals surface area (Å²) in [5.41, 5.74) is -0.399. The van der Waals surface area contributed by atoms with Gasteiger partial charge in [0.25, 0.3) is 0 Å². The third-order valence-electron chi connectivity index (χ3n) is 4.03. The Morgan fingerprint density at radius 3 is 2.33 bits per heavy atom. The number of nitrogens with zero attached hydrogens (tertiary/aromatic N) is 1. The lowest BCUT2D eigenvalue weighted by Gasteiger charge is -2.29. The number of carbonyl (C=O) groups is 1. The summed E-state index contributed by atoms with van der Waals surface area (Å²) in [6.45, 7) is 5.07. The van der Waals surface area contributed by atoms with Crippen molar-refractivity contribution in [1.82, 2.24) is 4.90 Å². The van der Waals surface area contributed by atoms with Crippen LogP contribution in [0.3, 0.4) is 0 Å². The van der Waals surface area contributed by atoms with E-state index in [9.17, 15) is 13.6 Å². The SMILES string of the molecule is CC(C)CN(CC(=O)c1c(F)cccc1F)C1CCCC1. The standard InChI is InChI=1S/C17H23F2NO/c1-12(2)10-20(13-6-3-4-7-13)11-16(21)17-14(18)8-5-9-15(17)19/h5,8-9,12-13H,3-4,6-7,10-11H2,1-2H3. The zero-order chi connectivity index (χ0) is 15.4. The Kier molecular flexibility index (Phi) is 5.45. The van der Waals surface area contributed by atoms with E-state index in [-0.39, 0.29) is 6.54 Å². The normalized spacial score (nSPS) is 16.1. The van der Waals surface area contributed by atoms with Gasteiger partial charge < -0.3 is 0 Å². The molecule has 0 saturated heterocycles. The summed E-state index contributed by atoms with van der Waals surface area (Å²) in [7, 11) is 0. The molecule has 0 aromatic heterocycles. The molecule has 1 saturated carbocycles. The molecule has 1 aliphatic carbocycles. The molecule has 4 heteroatoms. The Hall–Kier alpha value is -1.29. The van der Waals surface area contributed by atoms with Crippen molar-refractivity contribution in [1.29, 1.82) is 0 Å². The molecule has 0 atom stereocenters. The molecule has 0 amide bonds. The first kappa shape index (κ1) is 16.1. The fourth-order valence-corrected chi connectivity index (χ4v) is 3.11. The second kappa shape index (κ2) is 7.12. The van der Waals surface area contributed by atoms with Crippen LogP contribution in [0.5, 0.6) is 0 Å². The summed E-state index contributed by atoms with van der Waals surface area (Å²) in [5, 5.41) is 0. The Morgan fingerprint density at radius 2 is 1.81 bits per heavy atom. The van der Waals surface area contributed by atoms with Crippen LogP contribution in [0.15, 0.2) is 18.2 Å². The molecular weight excluding hydrogens is 272 g/mol. The zero-order valence-electron chi connectivity index (χ0n) is 12.7. The van der Waals surface area contributed by atoms with Crippen LogP contribution in [0.4, 0.5) is 8.78 Å². The second-order valence-electron chi connectivity index (χ2n) is 6.28. The number of hydrogen-bond acceptors (Lipinski definition) is 2. The van der Waals surface area contributed by atoms with E-state index in [0.29, 0.717) is 12.0 Å². The number of Topliss-reactive ketones (excluding diaryl/α,β-unsaturated/α-hetero) is 1. The van der Waals surface area contributed by atoms with Crippen LogP contribution in [0, 0.1) is 17.6 Å². The summed E-state index contributed by atoms with van der Waals surface area (Å²) < 4.78 is 27.4. The average Bonchev–Trinajstić information content (AvgIpc) is 2.90. The van der Waals surface area contributed by atoms with Crippen molar-refractivity contribution in [3.8, 4) is 0 Å². The zero-order valence-corrected chi connectivity index (χ0v) is 12.7. The van der Waals surface area contributed by atoms with Crippen molar-refractivity contribution in [2.45, 2.75) is 45.6 Å². The van der Waals surface area contributed by atoms with Gasteiger partial charge in [0.05, 0.1) is 12.1 Å². The fourth-order valence-electron chi connectivity index (χ4n) is 3.11. The van der Waals surface area contributed by atoms with Crippen LogP contribution < -0.4 is 0 Å². The number of benzene rings is 1. The minimum Gasteiger partial charge on any atom is -0.293 e. The smallest absolute Gasteiger partial charge is 0.182 e. The highest BCUT2D eigenvalue weighted by Crippen LogP contribution is 2.25. The summed E-state index contributed by atoms with van der Waals surface area (Å²) in [4.78, 5) is 14.4. The maximum atomic E-state index is 13.7. The number of halogens is 2. The lowest BCUT2D eigenvalue weighted by Crippen LogP contribution is -2.40. The molecule has 1 aliphatic rings. The van der Waals surface area contributed by atoms with Crippen LogP contribution in [-0.4, -0.2) is 29.8 Å². The number of carbonyl (C=O) groups excluding carboxylic acids is 1. The monoisotopic (exact) mass is 295 g/mol. The van der Waals surface area contributed by atoms with Gasteiger partial charge in [0.15, 0.2) is 5.78 Å². The van der Waals surface area contributed by atoms with Crippen LogP contribution in [0.25, 0.3) is 0 Å². The molecule has 21 heavy (non-hydrogen) atoms. The molecule has 0 unspecified atom stereocenters. The van der Waals surface area contributed by atoms with E-state index in [4.69, 9.17) is 0 Å². The predicted octanol–water partition coefficient (Wildman–Crippen LogP) is 4.05. The van der Waals surface area contributed by atoms with Gasteiger partial charge in [-0.1, -0.05) is 32.8 Å². The Labute approximate surface area is 125 Å². The fraction of sp³-hybridized carbons (Fsp3) is 0.588. The van der Waals surface area contributed by atoms with E-state index in [1.165, 1.54) is 18.9 Å². The molecule has 1 fully saturated rings. The first-order valence-electron chi connectivity index (χ1n) is 7.70. The first-order valence-corrected chi connectivity index (χ1v) is 7.70. The molecule has 1 aromatic carbocycles. The minimum absolute atomic E-state index is 0.0979. The number of hydrogen-bond donors (Lipinski definition) is 0. The molecule has 0 radical (unpaired) electrons. The minimum atomic E-state index is -0.768. The maximum absolute atomic E-state index is 13.7. The van der Waals surface area contributed by atoms with Crippen molar-refractivity contribution in [2.24, 2.45) is 5.92 Å². The number of rotatable bonds is 6. The van der Waals surface area contributed by atoms with E-state index >= 15 is 0 Å². The second-order valence-corrected chi connectivity index (χ2v) is 6.28. The predicted molar refractivity (Wildman–Crippen MR) is 79.4 cm³/mol.